The van der Waals surface area contributed by atoms with Crippen LogP contribution in [-0.4, -0.2) is 83.8 Å². The number of aromatic nitrogens is 1. The minimum Gasteiger partial charge on any atom is -0.480 e. The van der Waals surface area contributed by atoms with E-state index in [1.807, 2.05) is 0 Å². The number of imide groups is 2. The van der Waals surface area contributed by atoms with E-state index in [1.165, 1.54) is 10.8 Å². The Morgan fingerprint density at radius 2 is 1.12 bits per heavy atom. The molecule has 2 N–H and O–H groups in total. The van der Waals surface area contributed by atoms with E-state index in [2.05, 4.69) is 10.3 Å². The van der Waals surface area contributed by atoms with E-state index in [0.29, 0.717) is 4.90 Å². The molecule has 0 bridgehead atoms. The van der Waals surface area contributed by atoms with Crippen LogP contribution in [0.3, 0.4) is 0 Å². The minimum absolute atomic E-state index is 0.0575. The predicted molar refractivity (Wildman–Crippen MR) is 179 cm³/mol. The summed E-state index contributed by atoms with van der Waals surface area (Å²) >= 11 is 0. The number of fused-ring (bicyclic) bond motifs is 1. The fraction of sp³-hybridized carbons (Fsp3) is 0.697. The molecule has 0 aromatic carbocycles. The molecule has 0 fully saturated rings. The second-order valence-corrected chi connectivity index (χ2v) is 16.4. The van der Waals surface area contributed by atoms with E-state index in [0.717, 1.165) is 4.90 Å². The number of rotatable bonds is 5. The van der Waals surface area contributed by atoms with Crippen molar-refractivity contribution in [3.63, 3.8) is 0 Å². The van der Waals surface area contributed by atoms with Gasteiger partial charge in [0.15, 0.2) is 6.23 Å². The molecule has 276 valence electrons. The Balaban J connectivity index is 2.86. The number of nitrogens with zero attached hydrogens (tertiary/aromatic N) is 4. The van der Waals surface area contributed by atoms with Gasteiger partial charge in [-0.2, -0.15) is 0 Å². The maximum absolute atomic E-state index is 13.5. The molecule has 0 radical (unpaired) electrons. The second kappa shape index (κ2) is 14.3. The van der Waals surface area contributed by atoms with Gasteiger partial charge in [-0.3, -0.25) is 4.79 Å². The van der Waals surface area contributed by atoms with Crippen molar-refractivity contribution in [2.75, 3.05) is 5.32 Å². The number of ether oxygens (including phenoxy) is 5. The third-order valence-electron chi connectivity index (χ3n) is 5.61. The van der Waals surface area contributed by atoms with Crippen molar-refractivity contribution in [1.82, 2.24) is 14.4 Å². The Morgan fingerprint density at radius 3 is 1.49 bits per heavy atom. The summed E-state index contributed by atoms with van der Waals surface area (Å²) in [5.74, 6) is -1.56. The number of carbonyl (C=O) groups is 5. The van der Waals surface area contributed by atoms with E-state index in [9.17, 15) is 29.1 Å². The Bertz CT molecular complexity index is 1410. The van der Waals surface area contributed by atoms with Gasteiger partial charge in [0.1, 0.15) is 34.8 Å². The highest BCUT2D eigenvalue weighted by Crippen LogP contribution is 2.39. The zero-order valence-electron chi connectivity index (χ0n) is 31.4. The molecule has 2 heterocycles. The van der Waals surface area contributed by atoms with Crippen molar-refractivity contribution in [3.05, 3.63) is 17.3 Å². The summed E-state index contributed by atoms with van der Waals surface area (Å²) in [7, 11) is 0. The zero-order chi connectivity index (χ0) is 38.1. The van der Waals surface area contributed by atoms with Gasteiger partial charge in [0.25, 0.3) is 0 Å². The molecule has 2 rings (SSSR count). The van der Waals surface area contributed by atoms with Crippen molar-refractivity contribution < 1.29 is 52.8 Å². The van der Waals surface area contributed by atoms with Crippen LogP contribution in [0.2, 0.25) is 0 Å². The van der Waals surface area contributed by atoms with Gasteiger partial charge < -0.3 is 38.7 Å². The molecule has 1 aliphatic rings. The van der Waals surface area contributed by atoms with Crippen molar-refractivity contribution in [1.29, 1.82) is 0 Å². The fourth-order valence-corrected chi connectivity index (χ4v) is 4.16. The molecular formula is C33H53N5O11. The Hall–Kier alpha value is -4.34. The third kappa shape index (κ3) is 12.9. The molecular weight excluding hydrogens is 642 g/mol. The number of aliphatic imine (C=N–C) groups is 1. The quantitative estimate of drug-likeness (QED) is 0.300. The summed E-state index contributed by atoms with van der Waals surface area (Å²) in [5, 5.41) is 12.7. The lowest BCUT2D eigenvalue weighted by atomic mass is 10.1. The lowest BCUT2D eigenvalue weighted by Crippen LogP contribution is -2.50. The topological polar surface area (TPSA) is 188 Å². The first-order valence-corrected chi connectivity index (χ1v) is 15.8. The maximum Gasteiger partial charge on any atom is 0.427 e. The molecule has 0 saturated carbocycles. The number of guanidine groups is 1. The number of carbonyl (C=O) groups excluding carboxylic acids is 4. The van der Waals surface area contributed by atoms with Crippen LogP contribution >= 0.6 is 0 Å². The maximum atomic E-state index is 13.5. The lowest BCUT2D eigenvalue weighted by molar-refractivity contribution is -0.137. The molecule has 16 nitrogen and oxygen atoms in total. The molecule has 49 heavy (non-hydrogen) atoms. The Labute approximate surface area is 288 Å². The highest BCUT2D eigenvalue weighted by Gasteiger charge is 2.42. The van der Waals surface area contributed by atoms with Gasteiger partial charge in [0.05, 0.1) is 17.7 Å². The van der Waals surface area contributed by atoms with Crippen LogP contribution < -0.4 is 5.32 Å². The number of hydrogen-bond acceptors (Lipinski definition) is 12. The van der Waals surface area contributed by atoms with Gasteiger partial charge in [0, 0.05) is 6.20 Å². The first-order chi connectivity index (χ1) is 21.9. The number of carboxylic acid groups (broad SMARTS) is 1. The van der Waals surface area contributed by atoms with Crippen LogP contribution in [0.5, 0.6) is 0 Å². The monoisotopic (exact) mass is 695 g/mol. The molecule has 4 amide bonds. The van der Waals surface area contributed by atoms with Crippen LogP contribution in [0.15, 0.2) is 11.2 Å². The molecule has 16 heteroatoms. The number of carboxylic acids is 1. The Kier molecular flexibility index (Phi) is 11.9. The molecule has 1 aliphatic heterocycles. The second-order valence-electron chi connectivity index (χ2n) is 16.4. The van der Waals surface area contributed by atoms with Crippen LogP contribution in [0.25, 0.3) is 0 Å². The van der Waals surface area contributed by atoms with Gasteiger partial charge in [-0.15, -0.1) is 4.90 Å². The van der Waals surface area contributed by atoms with E-state index in [4.69, 9.17) is 23.7 Å². The van der Waals surface area contributed by atoms with Crippen LogP contribution in [-0.2, 0) is 41.6 Å². The summed E-state index contributed by atoms with van der Waals surface area (Å²) in [6.45, 7) is 23.7. The molecule has 1 aromatic heterocycles. The summed E-state index contributed by atoms with van der Waals surface area (Å²) in [4.78, 5) is 71.7. The standard InChI is InChI=1S/C33H53N5O11/c1-29(2,3)45-23-21-19(17-37(25(41)46-30(4,5)6)26(42)47-31(7,8)9)16-36(18-20(39)40)22(21)34-24(35-23)38(27(43)48-32(10,11)12)28(44)49-33(13,14)15/h16,23H,17-18H2,1-15H3,(H,34,35)(H,39,40). The number of hydrogen-bond donors (Lipinski definition) is 2. The summed E-state index contributed by atoms with van der Waals surface area (Å²) in [6.07, 6.45) is -4.17. The predicted octanol–water partition coefficient (Wildman–Crippen LogP) is 7.01. The van der Waals surface area contributed by atoms with Gasteiger partial charge in [0.2, 0.25) is 5.96 Å². The largest absolute Gasteiger partial charge is 0.480 e. The van der Waals surface area contributed by atoms with Gasteiger partial charge in [-0.05, 0) is 109 Å². The number of anilines is 1. The number of nitrogens with one attached hydrogen (secondary N) is 1. The zero-order valence-corrected chi connectivity index (χ0v) is 31.4. The van der Waals surface area contributed by atoms with Crippen molar-refractivity contribution in [2.24, 2.45) is 4.99 Å². The van der Waals surface area contributed by atoms with Gasteiger partial charge in [-0.25, -0.2) is 29.1 Å². The normalized spacial score (nSPS) is 15.2. The minimum atomic E-state index is -1.30. The first kappa shape index (κ1) is 40.8. The van der Waals surface area contributed by atoms with Crippen LogP contribution in [0.1, 0.15) is 121 Å². The van der Waals surface area contributed by atoms with E-state index < -0.39 is 77.7 Å². The average molecular weight is 696 g/mol. The SMILES string of the molecule is CC(C)(C)OC(=O)N(Cc1cn(CC(=O)O)c2c1C(OC(C)(C)C)N=C(N(C(=O)OC(C)(C)C)C(=O)OC(C)(C)C)N2)C(=O)OC(C)(C)C. The average Bonchev–Trinajstić information content (AvgIpc) is 3.13. The highest BCUT2D eigenvalue weighted by molar-refractivity contribution is 6.13. The van der Waals surface area contributed by atoms with Crippen LogP contribution in [0, 0.1) is 0 Å². The molecule has 0 aliphatic carbocycles. The van der Waals surface area contributed by atoms with E-state index >= 15 is 0 Å². The smallest absolute Gasteiger partial charge is 0.427 e. The molecule has 0 spiro atoms. The van der Waals surface area contributed by atoms with Gasteiger partial charge >= 0.3 is 30.3 Å². The fourth-order valence-electron chi connectivity index (χ4n) is 4.16. The molecule has 0 saturated heterocycles. The highest BCUT2D eigenvalue weighted by atomic mass is 16.6. The van der Waals surface area contributed by atoms with Crippen molar-refractivity contribution in [2.45, 2.75) is 151 Å². The molecule has 1 atom stereocenters. The van der Waals surface area contributed by atoms with Crippen LogP contribution in [0.4, 0.5) is 25.0 Å². The summed E-state index contributed by atoms with van der Waals surface area (Å²) in [6, 6.07) is 0. The number of aliphatic carboxylic acids is 1. The summed E-state index contributed by atoms with van der Waals surface area (Å²) in [5.41, 5.74) is -4.43. The van der Waals surface area contributed by atoms with Gasteiger partial charge in [-0.1, -0.05) is 0 Å². The van der Waals surface area contributed by atoms with E-state index in [-0.39, 0.29) is 22.9 Å². The Morgan fingerprint density at radius 1 is 0.714 bits per heavy atom. The third-order valence-corrected chi connectivity index (χ3v) is 5.61. The lowest BCUT2D eigenvalue weighted by Gasteiger charge is -2.34. The summed E-state index contributed by atoms with van der Waals surface area (Å²) < 4.78 is 29.6. The van der Waals surface area contributed by atoms with Crippen molar-refractivity contribution >= 4 is 42.1 Å². The van der Waals surface area contributed by atoms with E-state index in [1.54, 1.807) is 104 Å². The van der Waals surface area contributed by atoms with Crippen molar-refractivity contribution in [3.8, 4) is 0 Å². The first-order valence-electron chi connectivity index (χ1n) is 15.8. The number of amides is 4. The molecule has 1 unspecified atom stereocenters. The molecule has 1 aromatic rings.